The second-order valence-electron chi connectivity index (χ2n) is 21.6. The van der Waals surface area contributed by atoms with Crippen LogP contribution in [0.2, 0.25) is 0 Å². The molecule has 0 aromatic heterocycles. The van der Waals surface area contributed by atoms with E-state index in [1.165, 1.54) is 225 Å². The summed E-state index contributed by atoms with van der Waals surface area (Å²) >= 11 is 0. The minimum absolute atomic E-state index is 0.0628. The average Bonchev–Trinajstić information content (AvgIpc) is 3.29. The number of hydrogen-bond donors (Lipinski definition) is 0. The normalized spacial score (nSPS) is 12.0. The first kappa shape index (κ1) is 64.4. The molecule has 0 saturated heterocycles. The van der Waals surface area contributed by atoms with Crippen molar-refractivity contribution in [3.63, 3.8) is 0 Å². The molecule has 0 amide bonds. The molecule has 392 valence electrons. The lowest BCUT2D eigenvalue weighted by Gasteiger charge is -2.18. The fourth-order valence-electron chi connectivity index (χ4n) is 9.23. The third-order valence-electron chi connectivity index (χ3n) is 13.7. The fraction of sp³-hybridized carbons (Fsp3) is 0.950. The van der Waals surface area contributed by atoms with Crippen molar-refractivity contribution in [2.24, 2.45) is 11.8 Å². The Morgan fingerprint density at radius 2 is 0.500 bits per heavy atom. The smallest absolute Gasteiger partial charge is 0.306 e. The third kappa shape index (κ3) is 53.4. The van der Waals surface area contributed by atoms with Gasteiger partial charge < -0.3 is 14.2 Å². The molecular formula is C60H116O6. The molecule has 0 aliphatic heterocycles. The molecule has 0 aromatic rings. The van der Waals surface area contributed by atoms with Crippen LogP contribution in [0, 0.1) is 11.8 Å². The van der Waals surface area contributed by atoms with E-state index in [0.717, 1.165) is 69.6 Å². The van der Waals surface area contributed by atoms with Gasteiger partial charge >= 0.3 is 17.9 Å². The van der Waals surface area contributed by atoms with Crippen LogP contribution in [-0.4, -0.2) is 37.2 Å². The molecule has 0 radical (unpaired) electrons. The summed E-state index contributed by atoms with van der Waals surface area (Å²) in [6, 6.07) is 0. The van der Waals surface area contributed by atoms with E-state index in [2.05, 4.69) is 34.6 Å². The SMILES string of the molecule is CCCCCCCCCCCCCCCCCCCCCC(=O)O[C@H](COC(=O)CCCCCCCCCCCCCCCCC(C)C)COC(=O)CCCCCCCCCCCC(C)C. The molecule has 0 saturated carbocycles. The van der Waals surface area contributed by atoms with E-state index in [1.807, 2.05) is 0 Å². The van der Waals surface area contributed by atoms with E-state index >= 15 is 0 Å². The molecule has 0 heterocycles. The number of ether oxygens (including phenoxy) is 3. The summed E-state index contributed by atoms with van der Waals surface area (Å²) in [5.41, 5.74) is 0. The maximum atomic E-state index is 12.9. The Morgan fingerprint density at radius 3 is 0.742 bits per heavy atom. The predicted molar refractivity (Wildman–Crippen MR) is 284 cm³/mol. The van der Waals surface area contributed by atoms with Gasteiger partial charge in [0.2, 0.25) is 0 Å². The lowest BCUT2D eigenvalue weighted by molar-refractivity contribution is -0.167. The lowest BCUT2D eigenvalue weighted by Crippen LogP contribution is -2.30. The van der Waals surface area contributed by atoms with Crippen LogP contribution in [0.5, 0.6) is 0 Å². The summed E-state index contributed by atoms with van der Waals surface area (Å²) in [6.45, 7) is 11.4. The highest BCUT2D eigenvalue weighted by molar-refractivity contribution is 5.71. The molecule has 0 spiro atoms. The van der Waals surface area contributed by atoms with Crippen LogP contribution in [0.25, 0.3) is 0 Å². The minimum atomic E-state index is -0.763. The highest BCUT2D eigenvalue weighted by Crippen LogP contribution is 2.18. The van der Waals surface area contributed by atoms with Gasteiger partial charge in [-0.3, -0.25) is 14.4 Å². The summed E-state index contributed by atoms with van der Waals surface area (Å²) in [5.74, 6) is 0.814. The van der Waals surface area contributed by atoms with Gasteiger partial charge in [-0.2, -0.15) is 0 Å². The Hall–Kier alpha value is -1.59. The molecule has 6 nitrogen and oxygen atoms in total. The predicted octanol–water partition coefficient (Wildman–Crippen LogP) is 19.7. The lowest BCUT2D eigenvalue weighted by atomic mass is 10.0. The fourth-order valence-corrected chi connectivity index (χ4v) is 9.23. The van der Waals surface area contributed by atoms with Gasteiger partial charge in [-0.15, -0.1) is 0 Å². The van der Waals surface area contributed by atoms with Crippen molar-refractivity contribution in [2.45, 2.75) is 343 Å². The van der Waals surface area contributed by atoms with Gasteiger partial charge in [-0.25, -0.2) is 0 Å². The van der Waals surface area contributed by atoms with Crippen molar-refractivity contribution in [1.82, 2.24) is 0 Å². The quantitative estimate of drug-likeness (QED) is 0.0343. The van der Waals surface area contributed by atoms with E-state index in [1.54, 1.807) is 0 Å². The summed E-state index contributed by atoms with van der Waals surface area (Å²) in [6.07, 6.45) is 56.7. The molecule has 0 fully saturated rings. The van der Waals surface area contributed by atoms with E-state index in [4.69, 9.17) is 14.2 Å². The number of carbonyl (C=O) groups is 3. The summed E-state index contributed by atoms with van der Waals surface area (Å²) < 4.78 is 16.9. The first-order valence-electron chi connectivity index (χ1n) is 29.7. The largest absolute Gasteiger partial charge is 0.462 e. The second-order valence-corrected chi connectivity index (χ2v) is 21.6. The Morgan fingerprint density at radius 1 is 0.288 bits per heavy atom. The molecule has 0 bridgehead atoms. The van der Waals surface area contributed by atoms with Gasteiger partial charge in [-0.05, 0) is 31.1 Å². The third-order valence-corrected chi connectivity index (χ3v) is 13.7. The maximum absolute atomic E-state index is 12.9. The van der Waals surface area contributed by atoms with Crippen LogP contribution in [0.1, 0.15) is 336 Å². The van der Waals surface area contributed by atoms with Crippen LogP contribution in [0.3, 0.4) is 0 Å². The van der Waals surface area contributed by atoms with Crippen molar-refractivity contribution in [3.05, 3.63) is 0 Å². The molecule has 0 aliphatic rings. The minimum Gasteiger partial charge on any atom is -0.462 e. The van der Waals surface area contributed by atoms with Gasteiger partial charge in [-0.1, -0.05) is 298 Å². The number of hydrogen-bond acceptors (Lipinski definition) is 6. The van der Waals surface area contributed by atoms with Gasteiger partial charge in [0.05, 0.1) is 0 Å². The number of carbonyl (C=O) groups excluding carboxylic acids is 3. The zero-order chi connectivity index (χ0) is 48.2. The second kappa shape index (κ2) is 52.8. The van der Waals surface area contributed by atoms with Gasteiger partial charge in [0.1, 0.15) is 13.2 Å². The van der Waals surface area contributed by atoms with Crippen molar-refractivity contribution < 1.29 is 28.6 Å². The van der Waals surface area contributed by atoms with Crippen LogP contribution < -0.4 is 0 Å². The van der Waals surface area contributed by atoms with Crippen LogP contribution in [-0.2, 0) is 28.6 Å². The van der Waals surface area contributed by atoms with Crippen molar-refractivity contribution in [2.75, 3.05) is 13.2 Å². The first-order chi connectivity index (χ1) is 32.2. The summed E-state index contributed by atoms with van der Waals surface area (Å²) in [5, 5.41) is 0. The standard InChI is InChI=1S/C60H116O6/c1-6-7-8-9-10-11-12-13-14-15-16-17-18-23-26-31-37-42-47-52-60(63)66-57(54-65-59(62)51-46-41-36-32-27-29-34-39-44-49-56(4)5)53-64-58(61)50-45-40-35-30-25-22-20-19-21-24-28-33-38-43-48-55(2)3/h55-57H,6-54H2,1-5H3/t57-/m1/s1. The highest BCUT2D eigenvalue weighted by atomic mass is 16.6. The Balaban J connectivity index is 4.27. The van der Waals surface area contributed by atoms with E-state index in [9.17, 15) is 14.4 Å². The van der Waals surface area contributed by atoms with Gasteiger partial charge in [0.15, 0.2) is 6.10 Å². The van der Waals surface area contributed by atoms with E-state index in [0.29, 0.717) is 19.3 Å². The van der Waals surface area contributed by atoms with Crippen molar-refractivity contribution >= 4 is 17.9 Å². The van der Waals surface area contributed by atoms with Crippen molar-refractivity contribution in [1.29, 1.82) is 0 Å². The average molecular weight is 934 g/mol. The zero-order valence-electron chi connectivity index (χ0n) is 45.3. The molecule has 6 heteroatoms. The van der Waals surface area contributed by atoms with Crippen LogP contribution in [0.15, 0.2) is 0 Å². The van der Waals surface area contributed by atoms with Crippen LogP contribution >= 0.6 is 0 Å². The topological polar surface area (TPSA) is 78.9 Å². The molecule has 0 aromatic carbocycles. The van der Waals surface area contributed by atoms with Gasteiger partial charge in [0, 0.05) is 19.3 Å². The maximum Gasteiger partial charge on any atom is 0.306 e. The molecule has 1 atom stereocenters. The molecule has 66 heavy (non-hydrogen) atoms. The Kier molecular flexibility index (Phi) is 51.5. The number of esters is 3. The Labute approximate surface area is 412 Å². The van der Waals surface area contributed by atoms with Crippen molar-refractivity contribution in [3.8, 4) is 0 Å². The molecule has 0 unspecified atom stereocenters. The molecule has 0 N–H and O–H groups in total. The summed E-state index contributed by atoms with van der Waals surface area (Å²) in [4.78, 5) is 38.2. The number of unbranched alkanes of at least 4 members (excludes halogenated alkanes) is 39. The monoisotopic (exact) mass is 933 g/mol. The van der Waals surface area contributed by atoms with E-state index < -0.39 is 6.10 Å². The highest BCUT2D eigenvalue weighted by Gasteiger charge is 2.19. The molecule has 0 aliphatic carbocycles. The molecular weight excluding hydrogens is 817 g/mol. The first-order valence-corrected chi connectivity index (χ1v) is 29.7. The van der Waals surface area contributed by atoms with E-state index in [-0.39, 0.29) is 31.1 Å². The summed E-state index contributed by atoms with van der Waals surface area (Å²) in [7, 11) is 0. The molecule has 0 rings (SSSR count). The van der Waals surface area contributed by atoms with Crippen LogP contribution in [0.4, 0.5) is 0 Å². The van der Waals surface area contributed by atoms with Gasteiger partial charge in [0.25, 0.3) is 0 Å². The number of rotatable bonds is 54. The Bertz CT molecular complexity index is 1010. The zero-order valence-corrected chi connectivity index (χ0v) is 45.3.